The summed E-state index contributed by atoms with van der Waals surface area (Å²) < 4.78 is 0. The van der Waals surface area contributed by atoms with E-state index in [1.165, 1.54) is 16.0 Å². The maximum atomic E-state index is 6.23. The second-order valence-electron chi connectivity index (χ2n) is 3.94. The fourth-order valence-electron chi connectivity index (χ4n) is 2.09. The number of fused-ring (bicyclic) bond motifs is 1. The summed E-state index contributed by atoms with van der Waals surface area (Å²) in [4.78, 5) is 1.40. The van der Waals surface area contributed by atoms with Gasteiger partial charge in [0.1, 0.15) is 0 Å². The van der Waals surface area contributed by atoms with Crippen molar-refractivity contribution in [3.05, 3.63) is 64.7 Å². The molecule has 0 spiro atoms. The summed E-state index contributed by atoms with van der Waals surface area (Å²) in [5.74, 6) is 0. The molecular weight excluding hydrogens is 236 g/mol. The lowest BCUT2D eigenvalue weighted by atomic mass is 10.0. The van der Waals surface area contributed by atoms with Gasteiger partial charge in [0.05, 0.1) is 0 Å². The van der Waals surface area contributed by atoms with Gasteiger partial charge in [0.2, 0.25) is 0 Å². The highest BCUT2D eigenvalue weighted by molar-refractivity contribution is 7.99. The van der Waals surface area contributed by atoms with Crippen LogP contribution in [0.3, 0.4) is 0 Å². The number of hydrogen-bond acceptors (Lipinski definition) is 1. The average Bonchev–Trinajstić information content (AvgIpc) is 2.73. The zero-order valence-electron chi connectivity index (χ0n) is 8.69. The summed E-state index contributed by atoms with van der Waals surface area (Å²) in [5.41, 5.74) is 2.70. The van der Waals surface area contributed by atoms with Crippen molar-refractivity contribution in [1.82, 2.24) is 0 Å². The minimum atomic E-state index is 0.478. The molecule has 0 aromatic heterocycles. The van der Waals surface area contributed by atoms with E-state index < -0.39 is 0 Å². The van der Waals surface area contributed by atoms with Gasteiger partial charge in [0, 0.05) is 15.2 Å². The van der Waals surface area contributed by atoms with E-state index in [9.17, 15) is 0 Å². The van der Waals surface area contributed by atoms with Gasteiger partial charge in [-0.05, 0) is 29.7 Å². The van der Waals surface area contributed by atoms with Gasteiger partial charge in [-0.1, -0.05) is 48.0 Å². The van der Waals surface area contributed by atoms with Crippen molar-refractivity contribution >= 4 is 23.4 Å². The van der Waals surface area contributed by atoms with Gasteiger partial charge in [-0.3, -0.25) is 0 Å². The smallest absolute Gasteiger partial charge is 0.0449 e. The van der Waals surface area contributed by atoms with Crippen LogP contribution in [0.1, 0.15) is 16.4 Å². The van der Waals surface area contributed by atoms with E-state index in [0.29, 0.717) is 5.25 Å². The molecule has 16 heavy (non-hydrogen) atoms. The van der Waals surface area contributed by atoms with E-state index >= 15 is 0 Å². The van der Waals surface area contributed by atoms with Crippen molar-refractivity contribution in [2.75, 3.05) is 0 Å². The van der Waals surface area contributed by atoms with Crippen LogP contribution in [0.2, 0.25) is 5.02 Å². The predicted molar refractivity (Wildman–Crippen MR) is 70.2 cm³/mol. The van der Waals surface area contributed by atoms with Crippen LogP contribution >= 0.6 is 23.4 Å². The monoisotopic (exact) mass is 246 g/mol. The number of benzene rings is 2. The average molecular weight is 247 g/mol. The van der Waals surface area contributed by atoms with Crippen LogP contribution in [0.5, 0.6) is 0 Å². The lowest BCUT2D eigenvalue weighted by Gasteiger charge is -2.10. The quantitative estimate of drug-likeness (QED) is 0.701. The Labute approximate surface area is 105 Å². The largest absolute Gasteiger partial charge is 0.117 e. The summed E-state index contributed by atoms with van der Waals surface area (Å²) in [6.07, 6.45) is 1.09. The predicted octanol–water partition coefficient (Wildman–Crippen LogP) is 4.73. The number of thioether (sulfide) groups is 1. The molecule has 1 unspecified atom stereocenters. The fraction of sp³-hybridized carbons (Fsp3) is 0.143. The van der Waals surface area contributed by atoms with E-state index in [4.69, 9.17) is 11.6 Å². The van der Waals surface area contributed by atoms with Crippen LogP contribution in [-0.2, 0) is 6.42 Å². The molecule has 0 bridgehead atoms. The van der Waals surface area contributed by atoms with Crippen LogP contribution in [-0.4, -0.2) is 0 Å². The Bertz CT molecular complexity index is 497. The second-order valence-corrected chi connectivity index (χ2v) is 5.59. The fourth-order valence-corrected chi connectivity index (χ4v) is 3.79. The topological polar surface area (TPSA) is 0 Å². The Kier molecular flexibility index (Phi) is 2.66. The van der Waals surface area contributed by atoms with Crippen LogP contribution in [0.4, 0.5) is 0 Å². The lowest BCUT2D eigenvalue weighted by molar-refractivity contribution is 0.950. The Morgan fingerprint density at radius 2 is 1.75 bits per heavy atom. The van der Waals surface area contributed by atoms with Crippen LogP contribution in [0, 0.1) is 0 Å². The van der Waals surface area contributed by atoms with Crippen molar-refractivity contribution in [1.29, 1.82) is 0 Å². The van der Waals surface area contributed by atoms with Gasteiger partial charge in [0.25, 0.3) is 0 Å². The van der Waals surface area contributed by atoms with E-state index in [0.717, 1.165) is 11.4 Å². The molecule has 80 valence electrons. The molecule has 1 aliphatic rings. The zero-order valence-corrected chi connectivity index (χ0v) is 10.3. The van der Waals surface area contributed by atoms with Gasteiger partial charge in [-0.2, -0.15) is 0 Å². The van der Waals surface area contributed by atoms with Crippen LogP contribution < -0.4 is 0 Å². The third kappa shape index (κ3) is 1.74. The molecule has 0 N–H and O–H groups in total. The summed E-state index contributed by atoms with van der Waals surface area (Å²) in [7, 11) is 0. The first-order valence-corrected chi connectivity index (χ1v) is 6.59. The molecular formula is C14H11ClS. The number of hydrogen-bond donors (Lipinski definition) is 0. The highest BCUT2D eigenvalue weighted by Crippen LogP contribution is 2.47. The molecule has 0 nitrogen and oxygen atoms in total. The molecule has 2 aromatic rings. The van der Waals surface area contributed by atoms with Crippen molar-refractivity contribution in [2.45, 2.75) is 16.6 Å². The van der Waals surface area contributed by atoms with Crippen molar-refractivity contribution in [2.24, 2.45) is 0 Å². The van der Waals surface area contributed by atoms with Gasteiger partial charge in [-0.25, -0.2) is 0 Å². The van der Waals surface area contributed by atoms with Gasteiger partial charge < -0.3 is 0 Å². The first kappa shape index (κ1) is 10.2. The van der Waals surface area contributed by atoms with Crippen molar-refractivity contribution in [3.63, 3.8) is 0 Å². The third-order valence-electron chi connectivity index (χ3n) is 2.90. The zero-order chi connectivity index (χ0) is 11.0. The molecule has 2 heteroatoms. The van der Waals surface area contributed by atoms with Gasteiger partial charge in [0.15, 0.2) is 0 Å². The molecule has 3 rings (SSSR count). The summed E-state index contributed by atoms with van der Waals surface area (Å²) in [5, 5.41) is 1.36. The van der Waals surface area contributed by atoms with E-state index in [-0.39, 0.29) is 0 Å². The molecule has 0 saturated carbocycles. The van der Waals surface area contributed by atoms with Crippen LogP contribution in [0.15, 0.2) is 53.4 Å². The van der Waals surface area contributed by atoms with E-state index in [1.54, 1.807) is 0 Å². The molecule has 0 amide bonds. The maximum absolute atomic E-state index is 6.23. The van der Waals surface area contributed by atoms with Crippen molar-refractivity contribution < 1.29 is 0 Å². The van der Waals surface area contributed by atoms with Crippen molar-refractivity contribution in [3.8, 4) is 0 Å². The molecule has 0 aliphatic carbocycles. The second kappa shape index (κ2) is 4.15. The highest BCUT2D eigenvalue weighted by Gasteiger charge is 2.24. The molecule has 2 aromatic carbocycles. The standard InChI is InChI=1S/C14H11ClS/c15-12-7-3-2-6-11(12)14-9-10-5-1-4-8-13(10)16-14/h1-8,14H,9H2. The normalized spacial score (nSPS) is 18.4. The summed E-state index contributed by atoms with van der Waals surface area (Å²) in [6.45, 7) is 0. The summed E-state index contributed by atoms with van der Waals surface area (Å²) >= 11 is 8.15. The number of halogens is 1. The minimum Gasteiger partial charge on any atom is -0.117 e. The molecule has 1 atom stereocenters. The Balaban J connectivity index is 1.95. The first-order chi connectivity index (χ1) is 7.84. The Morgan fingerprint density at radius 3 is 2.56 bits per heavy atom. The molecule has 0 radical (unpaired) electrons. The number of rotatable bonds is 1. The first-order valence-electron chi connectivity index (χ1n) is 5.33. The van der Waals surface area contributed by atoms with Gasteiger partial charge in [-0.15, -0.1) is 11.8 Å². The SMILES string of the molecule is Clc1ccccc1C1Cc2ccccc2S1. The lowest BCUT2D eigenvalue weighted by Crippen LogP contribution is -1.92. The highest BCUT2D eigenvalue weighted by atomic mass is 35.5. The van der Waals surface area contributed by atoms with Gasteiger partial charge >= 0.3 is 0 Å². The molecule has 0 saturated heterocycles. The van der Waals surface area contributed by atoms with E-state index in [2.05, 4.69) is 36.4 Å². The Hall–Kier alpha value is -0.920. The third-order valence-corrected chi connectivity index (χ3v) is 4.60. The molecule has 0 fully saturated rings. The van der Waals surface area contributed by atoms with Crippen LogP contribution in [0.25, 0.3) is 0 Å². The molecule has 1 aliphatic heterocycles. The Morgan fingerprint density at radius 1 is 1.00 bits per heavy atom. The molecule has 1 heterocycles. The van der Waals surface area contributed by atoms with E-state index in [1.807, 2.05) is 23.9 Å². The minimum absolute atomic E-state index is 0.478. The maximum Gasteiger partial charge on any atom is 0.0449 e. The summed E-state index contributed by atoms with van der Waals surface area (Å²) in [6, 6.07) is 16.8.